The summed E-state index contributed by atoms with van der Waals surface area (Å²) in [6.45, 7) is 7.00. The summed E-state index contributed by atoms with van der Waals surface area (Å²) in [5.74, 6) is -0.762. The Morgan fingerprint density at radius 3 is 2.08 bits per heavy atom. The molecule has 268 valence electrons. The normalized spacial score (nSPS) is 19.8. The molecule has 49 heavy (non-hydrogen) atoms. The average molecular weight is 683 g/mol. The van der Waals surface area contributed by atoms with E-state index in [1.54, 1.807) is 12.1 Å². The van der Waals surface area contributed by atoms with E-state index in [9.17, 15) is 14.7 Å². The third kappa shape index (κ3) is 8.93. The molecule has 3 aliphatic rings. The number of phenolic OH excluding ortho intramolecular Hbond substituents is 1. The van der Waals surface area contributed by atoms with E-state index in [1.165, 1.54) is 14.2 Å². The van der Waals surface area contributed by atoms with Crippen molar-refractivity contribution in [2.75, 3.05) is 80.0 Å². The number of nitrogens with one attached hydrogen (secondary N) is 4. The van der Waals surface area contributed by atoms with Crippen LogP contribution in [0.4, 0.5) is 4.79 Å². The monoisotopic (exact) mass is 682 g/mol. The number of urea groups is 1. The highest BCUT2D eigenvalue weighted by Crippen LogP contribution is 2.52. The lowest BCUT2D eigenvalue weighted by Crippen LogP contribution is -2.38. The predicted octanol–water partition coefficient (Wildman–Crippen LogP) is 2.25. The quantitative estimate of drug-likeness (QED) is 0.0939. The van der Waals surface area contributed by atoms with E-state index in [0.29, 0.717) is 34.9 Å². The van der Waals surface area contributed by atoms with Crippen LogP contribution in [-0.2, 0) is 9.53 Å². The number of unbranched alkanes of at least 4 members (excludes halogenated alkanes) is 1. The summed E-state index contributed by atoms with van der Waals surface area (Å²) >= 11 is 0. The van der Waals surface area contributed by atoms with Crippen LogP contribution >= 0.6 is 0 Å². The topological polar surface area (TPSA) is 187 Å². The molecule has 2 amide bonds. The Kier molecular flexibility index (Phi) is 13.3. The second-order valence-corrected chi connectivity index (χ2v) is 12.3. The number of cyclic esters (lactones) is 1. The molecule has 1 aliphatic carbocycles. The Morgan fingerprint density at radius 1 is 0.857 bits per heavy atom. The minimum absolute atomic E-state index is 0.0599. The van der Waals surface area contributed by atoms with E-state index in [1.807, 2.05) is 12.1 Å². The summed E-state index contributed by atoms with van der Waals surface area (Å²) in [5.41, 5.74) is 8.03. The first-order chi connectivity index (χ1) is 24.0. The molecule has 1 unspecified atom stereocenters. The molecular weight excluding hydrogens is 632 g/mol. The number of carbonyl (C=O) groups excluding carboxylic acids is 2. The molecule has 3 atom stereocenters. The van der Waals surface area contributed by atoms with Gasteiger partial charge in [-0.05, 0) is 113 Å². The van der Waals surface area contributed by atoms with E-state index < -0.39 is 29.8 Å². The molecule has 0 spiro atoms. The van der Waals surface area contributed by atoms with Crippen LogP contribution in [0.3, 0.4) is 0 Å². The van der Waals surface area contributed by atoms with Gasteiger partial charge in [0.2, 0.25) is 12.5 Å². The van der Waals surface area contributed by atoms with Gasteiger partial charge in [0.25, 0.3) is 0 Å². The average Bonchev–Trinajstić information content (AvgIpc) is 3.73. The van der Waals surface area contributed by atoms with Gasteiger partial charge in [-0.2, -0.15) is 4.99 Å². The van der Waals surface area contributed by atoms with Gasteiger partial charge in [0.15, 0.2) is 23.0 Å². The van der Waals surface area contributed by atoms with Crippen molar-refractivity contribution >= 4 is 17.7 Å². The second kappa shape index (κ2) is 18.0. The number of carbonyl (C=O) groups is 2. The SMILES string of the molecule is COc1cc(C2c3cc4c(cc3C(=NC(=O)NCCCNCCCNCCCCNCCCN)[C@H]3COC(=O)[C@H]23)OCO4)cc(OC)c1O. The van der Waals surface area contributed by atoms with Gasteiger partial charge in [0.1, 0.15) is 6.61 Å². The number of ether oxygens (including phenoxy) is 5. The molecule has 2 aliphatic heterocycles. The number of hydrogen-bond donors (Lipinski definition) is 6. The Bertz CT molecular complexity index is 1440. The fourth-order valence-electron chi connectivity index (χ4n) is 6.60. The molecule has 2 heterocycles. The van der Waals surface area contributed by atoms with Crippen LogP contribution in [0.15, 0.2) is 29.3 Å². The highest BCUT2D eigenvalue weighted by molar-refractivity contribution is 6.12. The number of rotatable bonds is 19. The molecule has 7 N–H and O–H groups in total. The highest BCUT2D eigenvalue weighted by Gasteiger charge is 2.51. The number of phenols is 1. The number of esters is 1. The predicted molar refractivity (Wildman–Crippen MR) is 184 cm³/mol. The first-order valence-electron chi connectivity index (χ1n) is 17.2. The smallest absolute Gasteiger partial charge is 0.341 e. The summed E-state index contributed by atoms with van der Waals surface area (Å²) in [6.07, 6.45) is 5.10. The Balaban J connectivity index is 1.18. The summed E-state index contributed by atoms with van der Waals surface area (Å²) in [4.78, 5) is 31.0. The summed E-state index contributed by atoms with van der Waals surface area (Å²) in [7, 11) is 2.90. The van der Waals surface area contributed by atoms with Gasteiger partial charge in [-0.3, -0.25) is 4.79 Å². The Hall–Kier alpha value is -4.11. The molecule has 14 nitrogen and oxygen atoms in total. The fraction of sp³-hybridized carbons (Fsp3) is 0.571. The van der Waals surface area contributed by atoms with Crippen molar-refractivity contribution in [1.82, 2.24) is 21.3 Å². The zero-order chi connectivity index (χ0) is 34.6. The first kappa shape index (κ1) is 36.2. The summed E-state index contributed by atoms with van der Waals surface area (Å²) in [6, 6.07) is 6.53. The van der Waals surface area contributed by atoms with Gasteiger partial charge in [-0.15, -0.1) is 0 Å². The maximum Gasteiger partial charge on any atom is 0.341 e. The van der Waals surface area contributed by atoms with Crippen molar-refractivity contribution in [3.05, 3.63) is 41.0 Å². The molecule has 14 heteroatoms. The first-order valence-corrected chi connectivity index (χ1v) is 17.2. The summed E-state index contributed by atoms with van der Waals surface area (Å²) < 4.78 is 27.8. The molecule has 2 aromatic carbocycles. The van der Waals surface area contributed by atoms with E-state index in [2.05, 4.69) is 26.3 Å². The standard InChI is InChI=1S/C35H50N6O8/c1-45-28-16-22(17-29(46-2)33(28)42)30-23-18-26-27(49-21-48-26)19-24(23)32(25-20-47-34(43)31(25)30)41-35(44)40-15-7-14-39-13-6-12-38-10-4-3-9-37-11-5-8-36/h16-19,25,30-31,37-39,42H,3-15,20-21,36H2,1-2H3,(H,40,44)/t25-,30?,31-/m0/s1. The Morgan fingerprint density at radius 2 is 1.45 bits per heavy atom. The van der Waals surface area contributed by atoms with E-state index in [4.69, 9.17) is 29.4 Å². The molecule has 0 saturated carbocycles. The van der Waals surface area contributed by atoms with Gasteiger partial charge in [0.05, 0.1) is 31.8 Å². The van der Waals surface area contributed by atoms with Crippen LogP contribution in [0, 0.1) is 11.8 Å². The number of methoxy groups -OCH3 is 2. The van der Waals surface area contributed by atoms with E-state index >= 15 is 0 Å². The molecule has 0 aromatic heterocycles. The van der Waals surface area contributed by atoms with Gasteiger partial charge in [0, 0.05) is 18.0 Å². The minimum Gasteiger partial charge on any atom is -0.502 e. The Labute approximate surface area is 287 Å². The van der Waals surface area contributed by atoms with Crippen LogP contribution in [0.2, 0.25) is 0 Å². The second-order valence-electron chi connectivity index (χ2n) is 12.3. The molecule has 5 rings (SSSR count). The lowest BCUT2D eigenvalue weighted by Gasteiger charge is -2.34. The largest absolute Gasteiger partial charge is 0.502 e. The van der Waals surface area contributed by atoms with Crippen LogP contribution in [0.1, 0.15) is 54.7 Å². The van der Waals surface area contributed by atoms with Crippen LogP contribution in [-0.4, -0.2) is 103 Å². The van der Waals surface area contributed by atoms with Crippen molar-refractivity contribution in [3.63, 3.8) is 0 Å². The van der Waals surface area contributed by atoms with Crippen LogP contribution < -0.4 is 45.9 Å². The van der Waals surface area contributed by atoms with Crippen LogP contribution in [0.25, 0.3) is 0 Å². The van der Waals surface area contributed by atoms with Crippen molar-refractivity contribution in [1.29, 1.82) is 0 Å². The number of fused-ring (bicyclic) bond motifs is 3. The van der Waals surface area contributed by atoms with Crippen molar-refractivity contribution in [3.8, 4) is 28.7 Å². The minimum atomic E-state index is -0.680. The maximum absolute atomic E-state index is 13.3. The fourth-order valence-corrected chi connectivity index (χ4v) is 6.60. The number of aromatic hydroxyl groups is 1. The zero-order valence-electron chi connectivity index (χ0n) is 28.5. The molecule has 2 aromatic rings. The number of hydrogen-bond acceptors (Lipinski definition) is 12. The number of nitrogens with two attached hydrogens (primary N) is 1. The molecule has 0 bridgehead atoms. The number of benzene rings is 2. The zero-order valence-corrected chi connectivity index (χ0v) is 28.5. The highest BCUT2D eigenvalue weighted by atomic mass is 16.7. The molecular formula is C35H50N6O8. The van der Waals surface area contributed by atoms with Crippen LogP contribution in [0.5, 0.6) is 28.7 Å². The molecule has 1 fully saturated rings. The van der Waals surface area contributed by atoms with Gasteiger partial charge < -0.3 is 55.8 Å². The lowest BCUT2D eigenvalue weighted by molar-refractivity contribution is -0.141. The maximum atomic E-state index is 13.3. The van der Waals surface area contributed by atoms with Crippen molar-refractivity contribution in [2.45, 2.75) is 38.0 Å². The number of nitrogens with zero attached hydrogens (tertiary/aromatic N) is 1. The van der Waals surface area contributed by atoms with Gasteiger partial charge >= 0.3 is 12.0 Å². The third-order valence-electron chi connectivity index (χ3n) is 9.09. The third-order valence-corrected chi connectivity index (χ3v) is 9.09. The number of aliphatic imine (C=N–C) groups is 1. The van der Waals surface area contributed by atoms with E-state index in [0.717, 1.165) is 83.5 Å². The van der Waals surface area contributed by atoms with Crippen molar-refractivity contribution < 1.29 is 38.4 Å². The molecule has 0 radical (unpaired) electrons. The number of amides is 2. The summed E-state index contributed by atoms with van der Waals surface area (Å²) in [5, 5.41) is 23.8. The molecule has 1 saturated heterocycles. The van der Waals surface area contributed by atoms with Gasteiger partial charge in [-0.1, -0.05) is 0 Å². The van der Waals surface area contributed by atoms with E-state index in [-0.39, 0.29) is 30.6 Å². The van der Waals surface area contributed by atoms with Crippen molar-refractivity contribution in [2.24, 2.45) is 22.6 Å². The van der Waals surface area contributed by atoms with Gasteiger partial charge in [-0.25, -0.2) is 4.79 Å². The lowest BCUT2D eigenvalue weighted by atomic mass is 9.66.